The summed E-state index contributed by atoms with van der Waals surface area (Å²) in [5, 5.41) is 13.4. The van der Waals surface area contributed by atoms with E-state index in [2.05, 4.69) is 5.32 Å². The molecule has 0 saturated carbocycles. The summed E-state index contributed by atoms with van der Waals surface area (Å²) in [4.78, 5) is 32.7. The smallest absolute Gasteiger partial charge is 0.613 e. The van der Waals surface area contributed by atoms with Crippen molar-refractivity contribution < 1.29 is 53.6 Å². The van der Waals surface area contributed by atoms with Crippen LogP contribution in [0.25, 0.3) is 0 Å². The first-order valence-electron chi connectivity index (χ1n) is 4.95. The normalized spacial score (nSPS) is 36.2. The number of hydrogen-bond donors (Lipinski definition) is 1. The number of rotatable bonds is 3. The van der Waals surface area contributed by atoms with Crippen molar-refractivity contribution in [2.24, 2.45) is 0 Å². The molecule has 0 aromatic carbocycles. The predicted molar refractivity (Wildman–Crippen MR) is 54.4 cm³/mol. The van der Waals surface area contributed by atoms with Crippen LogP contribution in [0.5, 0.6) is 0 Å². The minimum absolute atomic E-state index is 0. The van der Waals surface area contributed by atoms with E-state index in [0.29, 0.717) is 6.41 Å². The molecule has 2 amide bonds. The molecule has 2 aliphatic heterocycles. The molecule has 0 bridgehead atoms. The van der Waals surface area contributed by atoms with E-state index in [4.69, 9.17) is 0 Å². The number of carboxylic acids is 1. The molecule has 0 spiro atoms. The number of hydrogen-bond acceptors (Lipinski definition) is 5. The molecule has 2 aliphatic rings. The molecule has 9 heteroatoms. The van der Waals surface area contributed by atoms with Crippen LogP contribution in [0.1, 0.15) is 20.3 Å². The number of carboxylic acid groups (broad SMARTS) is 1. The summed E-state index contributed by atoms with van der Waals surface area (Å²) in [6.45, 7) is 2.95. The summed E-state index contributed by atoms with van der Waals surface area (Å²) in [6.07, 6.45) is 0.177. The first kappa shape index (κ1) is 15.8. The SMILES string of the molecule is CC1(C)[C@H](C(=O)[O-])N2C(=O)CC2(NC=O)[S+]1[O-].[Na+]. The van der Waals surface area contributed by atoms with Crippen molar-refractivity contribution in [3.8, 4) is 0 Å². The third kappa shape index (κ3) is 1.70. The van der Waals surface area contributed by atoms with Gasteiger partial charge in [0.05, 0.1) is 5.97 Å². The molecule has 1 N–H and O–H groups in total. The zero-order valence-electron chi connectivity index (χ0n) is 10.3. The molecule has 2 unspecified atom stereocenters. The molecule has 2 heterocycles. The van der Waals surface area contributed by atoms with Crippen LogP contribution in [0.3, 0.4) is 0 Å². The van der Waals surface area contributed by atoms with Gasteiger partial charge in [-0.05, 0) is 13.8 Å². The first-order valence-corrected chi connectivity index (χ1v) is 6.10. The molecule has 7 nitrogen and oxygen atoms in total. The summed E-state index contributed by atoms with van der Waals surface area (Å²) < 4.78 is 11.1. The standard InChI is InChI=1S/C9H12N2O5S.Na/c1-8(2)6(7(14)15)11-5(13)3-9(11,10-4-12)17(8)16;/h4,6H,3H2,1-2H3,(H,10,12)(H,14,15);/q;+1/p-1/t6-,9?,17?;/m0./s1. The van der Waals surface area contributed by atoms with Gasteiger partial charge in [0.1, 0.15) is 17.2 Å². The number of β-lactam (4-membered cyclic amide) rings is 1. The minimum atomic E-state index is -1.71. The van der Waals surface area contributed by atoms with Crippen LogP contribution in [0.2, 0.25) is 0 Å². The van der Waals surface area contributed by atoms with Gasteiger partial charge >= 0.3 is 29.6 Å². The van der Waals surface area contributed by atoms with Gasteiger partial charge in [-0.2, -0.15) is 0 Å². The number of carbonyl (C=O) groups is 3. The number of nitrogens with one attached hydrogen (secondary N) is 1. The number of aliphatic carboxylic acids is 1. The Labute approximate surface area is 129 Å². The molecule has 2 rings (SSSR count). The molecule has 0 radical (unpaired) electrons. The summed E-state index contributed by atoms with van der Waals surface area (Å²) in [7, 11) is 0. The second-order valence-corrected chi connectivity index (χ2v) is 6.85. The Kier molecular flexibility index (Phi) is 4.10. The van der Waals surface area contributed by atoms with Crippen LogP contribution in [0.4, 0.5) is 0 Å². The Balaban J connectivity index is 0.00000162. The maximum Gasteiger partial charge on any atom is 1.00 e. The van der Waals surface area contributed by atoms with Crippen molar-refractivity contribution in [3.05, 3.63) is 0 Å². The van der Waals surface area contributed by atoms with Crippen LogP contribution in [-0.4, -0.2) is 43.5 Å². The molecule has 2 fully saturated rings. The Morgan fingerprint density at radius 2 is 2.17 bits per heavy atom. The van der Waals surface area contributed by atoms with Crippen LogP contribution in [-0.2, 0) is 25.6 Å². The van der Waals surface area contributed by atoms with Crippen molar-refractivity contribution in [2.45, 2.75) is 36.1 Å². The van der Waals surface area contributed by atoms with Gasteiger partial charge in [0, 0.05) is 11.2 Å². The summed E-state index contributed by atoms with van der Waals surface area (Å²) in [6, 6.07) is -1.29. The minimum Gasteiger partial charge on any atom is -0.613 e. The van der Waals surface area contributed by atoms with Gasteiger partial charge in [0.25, 0.3) is 4.99 Å². The molecule has 3 atom stereocenters. The van der Waals surface area contributed by atoms with Crippen molar-refractivity contribution in [3.63, 3.8) is 0 Å². The summed E-state index contributed by atoms with van der Waals surface area (Å²) >= 11 is -1.71. The van der Waals surface area contributed by atoms with E-state index < -0.39 is 38.8 Å². The van der Waals surface area contributed by atoms with Gasteiger partial charge in [0.2, 0.25) is 12.3 Å². The maximum atomic E-state index is 12.3. The van der Waals surface area contributed by atoms with E-state index >= 15 is 0 Å². The number of fused-ring (bicyclic) bond motifs is 1. The second kappa shape index (κ2) is 4.68. The van der Waals surface area contributed by atoms with Gasteiger partial charge in [-0.15, -0.1) is 0 Å². The molecule has 0 aliphatic carbocycles. The number of carbonyl (C=O) groups excluding carboxylic acids is 3. The zero-order chi connectivity index (χ0) is 13.0. The number of amides is 2. The van der Waals surface area contributed by atoms with Crippen molar-refractivity contribution in [1.29, 1.82) is 0 Å². The monoisotopic (exact) mass is 282 g/mol. The van der Waals surface area contributed by atoms with Gasteiger partial charge in [0.15, 0.2) is 0 Å². The van der Waals surface area contributed by atoms with Crippen LogP contribution in [0.15, 0.2) is 0 Å². The molecule has 0 aromatic heterocycles. The molecule has 94 valence electrons. The fourth-order valence-electron chi connectivity index (χ4n) is 2.50. The van der Waals surface area contributed by atoms with Crippen LogP contribution < -0.4 is 40.0 Å². The third-order valence-electron chi connectivity index (χ3n) is 3.26. The van der Waals surface area contributed by atoms with Crippen LogP contribution >= 0.6 is 0 Å². The molecule has 0 aromatic rings. The molecule has 2 saturated heterocycles. The predicted octanol–water partition coefficient (Wildman–Crippen LogP) is -5.72. The largest absolute Gasteiger partial charge is 1.00 e. The Morgan fingerprint density at radius 1 is 1.61 bits per heavy atom. The molecule has 18 heavy (non-hydrogen) atoms. The van der Waals surface area contributed by atoms with E-state index in [1.165, 1.54) is 13.8 Å². The van der Waals surface area contributed by atoms with E-state index in [1.807, 2.05) is 0 Å². The fraction of sp³-hybridized carbons (Fsp3) is 0.667. The second-order valence-electron chi connectivity index (χ2n) is 4.58. The average Bonchev–Trinajstić information content (AvgIpc) is 2.34. The van der Waals surface area contributed by atoms with E-state index in [0.717, 1.165) is 4.90 Å². The topological polar surface area (TPSA) is 113 Å². The zero-order valence-corrected chi connectivity index (χ0v) is 13.1. The van der Waals surface area contributed by atoms with Gasteiger partial charge in [-0.1, -0.05) is 0 Å². The Hall–Kier alpha value is -0.280. The van der Waals surface area contributed by atoms with Gasteiger partial charge in [-0.3, -0.25) is 19.8 Å². The number of nitrogens with zero attached hydrogens (tertiary/aromatic N) is 1. The van der Waals surface area contributed by atoms with Crippen molar-refractivity contribution >= 4 is 29.5 Å². The van der Waals surface area contributed by atoms with Gasteiger partial charge in [-0.25, -0.2) is 0 Å². The fourth-order valence-corrected chi connectivity index (χ4v) is 4.57. The average molecular weight is 282 g/mol. The van der Waals surface area contributed by atoms with E-state index in [1.54, 1.807) is 0 Å². The van der Waals surface area contributed by atoms with Crippen molar-refractivity contribution in [2.75, 3.05) is 0 Å². The van der Waals surface area contributed by atoms with Crippen LogP contribution in [0, 0.1) is 0 Å². The van der Waals surface area contributed by atoms with Crippen molar-refractivity contribution in [1.82, 2.24) is 10.2 Å². The van der Waals surface area contributed by atoms with E-state index in [-0.39, 0.29) is 36.0 Å². The third-order valence-corrected chi connectivity index (χ3v) is 5.51. The first-order chi connectivity index (χ1) is 7.79. The maximum absolute atomic E-state index is 12.3. The molecular weight excluding hydrogens is 271 g/mol. The summed E-state index contributed by atoms with van der Waals surface area (Å²) in [5.41, 5.74) is 0. The quantitative estimate of drug-likeness (QED) is 0.240. The van der Waals surface area contributed by atoms with E-state index in [9.17, 15) is 24.0 Å². The Bertz CT molecular complexity index is 414. The summed E-state index contributed by atoms with van der Waals surface area (Å²) in [5.74, 6) is -1.92. The van der Waals surface area contributed by atoms with Gasteiger partial charge < -0.3 is 14.5 Å². The Morgan fingerprint density at radius 3 is 2.56 bits per heavy atom. The molecular formula is C9H11N2NaO5S.